The smallest absolute Gasteiger partial charge is 0.323 e. The van der Waals surface area contributed by atoms with Crippen LogP contribution in [0.3, 0.4) is 0 Å². The Labute approximate surface area is 139 Å². The molecule has 0 aliphatic rings. The average molecular weight is 333 g/mol. The number of rotatable bonds is 7. The second kappa shape index (κ2) is 7.78. The predicted molar refractivity (Wildman–Crippen MR) is 90.1 cm³/mol. The maximum absolute atomic E-state index is 12.7. The topological polar surface area (TPSA) is 66.8 Å². The Hall–Kier alpha value is -2.34. The molecular weight excluding hydrogens is 314 g/mol. The molecule has 0 atom stereocenters. The number of carbonyl (C=O) groups is 2. The molecular formula is C17H19NO4S. The van der Waals surface area contributed by atoms with Crippen LogP contribution in [0.1, 0.15) is 23.0 Å². The van der Waals surface area contributed by atoms with E-state index in [4.69, 9.17) is 9.84 Å². The van der Waals surface area contributed by atoms with E-state index in [0.717, 1.165) is 10.4 Å². The van der Waals surface area contributed by atoms with Crippen molar-refractivity contribution in [3.63, 3.8) is 0 Å². The van der Waals surface area contributed by atoms with Gasteiger partial charge in [-0.25, -0.2) is 0 Å². The van der Waals surface area contributed by atoms with Crippen molar-refractivity contribution in [1.82, 2.24) is 4.90 Å². The highest BCUT2D eigenvalue weighted by molar-refractivity contribution is 7.17. The fraction of sp³-hybridized carbons (Fsp3) is 0.294. The maximum Gasteiger partial charge on any atom is 0.323 e. The molecule has 0 radical (unpaired) electrons. The SMILES string of the molecule is CCCN(CC(=O)O)C(=O)c1sc(-c2ccccc2)cc1OC. The van der Waals surface area contributed by atoms with Gasteiger partial charge in [-0.2, -0.15) is 0 Å². The lowest BCUT2D eigenvalue weighted by Crippen LogP contribution is -2.36. The first-order chi connectivity index (χ1) is 11.1. The number of carboxylic acids is 1. The van der Waals surface area contributed by atoms with Gasteiger partial charge in [0.25, 0.3) is 5.91 Å². The molecule has 1 heterocycles. The van der Waals surface area contributed by atoms with Crippen LogP contribution in [0.4, 0.5) is 0 Å². The van der Waals surface area contributed by atoms with E-state index in [-0.39, 0.29) is 12.5 Å². The van der Waals surface area contributed by atoms with Crippen LogP contribution in [0, 0.1) is 0 Å². The lowest BCUT2D eigenvalue weighted by Gasteiger charge is -2.19. The number of carbonyl (C=O) groups excluding carboxylic acids is 1. The van der Waals surface area contributed by atoms with Crippen molar-refractivity contribution in [2.45, 2.75) is 13.3 Å². The molecule has 5 nitrogen and oxygen atoms in total. The molecule has 2 aromatic rings. The van der Waals surface area contributed by atoms with Crippen molar-refractivity contribution < 1.29 is 19.4 Å². The van der Waals surface area contributed by atoms with Crippen molar-refractivity contribution in [3.05, 3.63) is 41.3 Å². The third-order valence-electron chi connectivity index (χ3n) is 3.28. The molecule has 1 aromatic carbocycles. The minimum atomic E-state index is -1.02. The Morgan fingerprint density at radius 2 is 1.96 bits per heavy atom. The van der Waals surface area contributed by atoms with Gasteiger partial charge >= 0.3 is 5.97 Å². The van der Waals surface area contributed by atoms with E-state index in [0.29, 0.717) is 23.6 Å². The molecule has 0 spiro atoms. The molecule has 0 unspecified atom stereocenters. The van der Waals surface area contributed by atoms with E-state index in [1.807, 2.05) is 43.3 Å². The van der Waals surface area contributed by atoms with Crippen molar-refractivity contribution in [1.29, 1.82) is 0 Å². The highest BCUT2D eigenvalue weighted by Crippen LogP contribution is 2.36. The number of hydrogen-bond acceptors (Lipinski definition) is 4. The number of nitrogens with zero attached hydrogens (tertiary/aromatic N) is 1. The fourth-order valence-corrected chi connectivity index (χ4v) is 3.35. The van der Waals surface area contributed by atoms with Gasteiger partial charge in [0.15, 0.2) is 0 Å². The Kier molecular flexibility index (Phi) is 5.76. The van der Waals surface area contributed by atoms with Crippen LogP contribution < -0.4 is 4.74 Å². The summed E-state index contributed by atoms with van der Waals surface area (Å²) in [6, 6.07) is 11.5. The van der Waals surface area contributed by atoms with Gasteiger partial charge in [-0.05, 0) is 18.1 Å². The van der Waals surface area contributed by atoms with Gasteiger partial charge < -0.3 is 14.7 Å². The summed E-state index contributed by atoms with van der Waals surface area (Å²) in [6.07, 6.45) is 0.693. The molecule has 0 fully saturated rings. The van der Waals surface area contributed by atoms with Crippen LogP contribution in [-0.4, -0.2) is 42.1 Å². The van der Waals surface area contributed by atoms with E-state index < -0.39 is 5.97 Å². The van der Waals surface area contributed by atoms with Crippen LogP contribution in [0.2, 0.25) is 0 Å². The second-order valence-electron chi connectivity index (χ2n) is 4.99. The summed E-state index contributed by atoms with van der Waals surface area (Å²) in [6.45, 7) is 1.99. The molecule has 0 aliphatic carbocycles. The number of aliphatic carboxylic acids is 1. The number of methoxy groups -OCH3 is 1. The first-order valence-electron chi connectivity index (χ1n) is 7.31. The number of benzene rings is 1. The van der Waals surface area contributed by atoms with E-state index in [1.54, 1.807) is 0 Å². The minimum absolute atomic E-state index is 0.307. The normalized spacial score (nSPS) is 10.3. The molecule has 0 aliphatic heterocycles. The van der Waals surface area contributed by atoms with Crippen LogP contribution in [0.15, 0.2) is 36.4 Å². The average Bonchev–Trinajstić information content (AvgIpc) is 2.98. The quantitative estimate of drug-likeness (QED) is 0.844. The summed E-state index contributed by atoms with van der Waals surface area (Å²) in [7, 11) is 1.51. The lowest BCUT2D eigenvalue weighted by molar-refractivity contribution is -0.137. The molecule has 6 heteroatoms. The Morgan fingerprint density at radius 1 is 1.26 bits per heavy atom. The zero-order valence-electron chi connectivity index (χ0n) is 13.1. The number of ether oxygens (including phenoxy) is 1. The molecule has 1 amide bonds. The third kappa shape index (κ3) is 4.10. The van der Waals surface area contributed by atoms with E-state index in [1.165, 1.54) is 23.3 Å². The predicted octanol–water partition coefficient (Wildman–Crippen LogP) is 3.36. The highest BCUT2D eigenvalue weighted by Gasteiger charge is 2.24. The number of amides is 1. The Bertz CT molecular complexity index is 681. The number of thiophene rings is 1. The van der Waals surface area contributed by atoms with Gasteiger partial charge in [-0.3, -0.25) is 9.59 Å². The summed E-state index contributed by atoms with van der Waals surface area (Å²) in [5.74, 6) is -0.853. The first-order valence-corrected chi connectivity index (χ1v) is 8.12. The minimum Gasteiger partial charge on any atom is -0.495 e. The second-order valence-corrected chi connectivity index (χ2v) is 6.05. The molecule has 0 saturated heterocycles. The molecule has 0 bridgehead atoms. The monoisotopic (exact) mass is 333 g/mol. The maximum atomic E-state index is 12.7. The summed E-state index contributed by atoms with van der Waals surface area (Å²) in [5, 5.41) is 8.99. The summed E-state index contributed by atoms with van der Waals surface area (Å²) in [4.78, 5) is 26.4. The summed E-state index contributed by atoms with van der Waals surface area (Å²) < 4.78 is 5.32. The standard InChI is InChI=1S/C17H19NO4S/c1-3-9-18(11-15(19)20)17(21)16-13(22-2)10-14(23-16)12-7-5-4-6-8-12/h4-8,10H,3,9,11H2,1-2H3,(H,19,20). The van der Waals surface area contributed by atoms with Crippen molar-refractivity contribution in [3.8, 4) is 16.2 Å². The molecule has 122 valence electrons. The number of carboxylic acid groups (broad SMARTS) is 1. The van der Waals surface area contributed by atoms with E-state index in [2.05, 4.69) is 0 Å². The van der Waals surface area contributed by atoms with Gasteiger partial charge in [-0.15, -0.1) is 11.3 Å². The zero-order valence-corrected chi connectivity index (χ0v) is 13.9. The van der Waals surface area contributed by atoms with Gasteiger partial charge in [0.2, 0.25) is 0 Å². The number of hydrogen-bond donors (Lipinski definition) is 1. The lowest BCUT2D eigenvalue weighted by atomic mass is 10.2. The van der Waals surface area contributed by atoms with Crippen LogP contribution in [-0.2, 0) is 4.79 Å². The molecule has 2 rings (SSSR count). The van der Waals surface area contributed by atoms with Gasteiger partial charge in [-0.1, -0.05) is 37.3 Å². The van der Waals surface area contributed by atoms with Crippen LogP contribution in [0.25, 0.3) is 10.4 Å². The van der Waals surface area contributed by atoms with Crippen molar-refractivity contribution >= 4 is 23.2 Å². The van der Waals surface area contributed by atoms with E-state index >= 15 is 0 Å². The van der Waals surface area contributed by atoms with Gasteiger partial charge in [0.05, 0.1) is 7.11 Å². The van der Waals surface area contributed by atoms with Crippen LogP contribution >= 0.6 is 11.3 Å². The zero-order chi connectivity index (χ0) is 16.8. The van der Waals surface area contributed by atoms with Crippen LogP contribution in [0.5, 0.6) is 5.75 Å². The Morgan fingerprint density at radius 3 is 2.52 bits per heavy atom. The molecule has 0 saturated carbocycles. The molecule has 1 N–H and O–H groups in total. The first kappa shape index (κ1) is 17.0. The third-order valence-corrected chi connectivity index (χ3v) is 4.43. The molecule has 23 heavy (non-hydrogen) atoms. The highest BCUT2D eigenvalue weighted by atomic mass is 32.1. The summed E-state index contributed by atoms with van der Waals surface area (Å²) in [5.41, 5.74) is 0.995. The largest absolute Gasteiger partial charge is 0.495 e. The van der Waals surface area contributed by atoms with E-state index in [9.17, 15) is 9.59 Å². The van der Waals surface area contributed by atoms with Crippen molar-refractivity contribution in [2.24, 2.45) is 0 Å². The van der Waals surface area contributed by atoms with Gasteiger partial charge in [0.1, 0.15) is 17.2 Å². The van der Waals surface area contributed by atoms with Gasteiger partial charge in [0, 0.05) is 11.4 Å². The molecule has 1 aromatic heterocycles. The Balaban J connectivity index is 2.35. The van der Waals surface area contributed by atoms with Crippen molar-refractivity contribution in [2.75, 3.05) is 20.2 Å². The summed E-state index contributed by atoms with van der Waals surface area (Å²) >= 11 is 1.32. The fourth-order valence-electron chi connectivity index (χ4n) is 2.25.